The van der Waals surface area contributed by atoms with Crippen LogP contribution in [0.4, 0.5) is 0 Å². The lowest BCUT2D eigenvalue weighted by Gasteiger charge is -2.02. The molecule has 0 spiro atoms. The van der Waals surface area contributed by atoms with Crippen molar-refractivity contribution in [3.05, 3.63) is 0 Å². The predicted molar refractivity (Wildman–Crippen MR) is 24.2 cm³/mol. The van der Waals surface area contributed by atoms with E-state index in [9.17, 15) is 0 Å². The number of nitrogens with two attached hydrogens (primary N) is 1. The smallest absolute Gasteiger partial charge is 0.176 e. The Morgan fingerprint density at radius 1 is 1.71 bits per heavy atom. The van der Waals surface area contributed by atoms with Crippen molar-refractivity contribution in [3.63, 3.8) is 0 Å². The van der Waals surface area contributed by atoms with E-state index in [-0.39, 0.29) is 6.29 Å². The second kappa shape index (κ2) is 2.26. The van der Waals surface area contributed by atoms with Crippen LogP contribution in [0.15, 0.2) is 0 Å². The highest BCUT2D eigenvalue weighted by Gasteiger charge is 2.13. The zero-order valence-electron chi connectivity index (χ0n) is 4.09. The van der Waals surface area contributed by atoms with Crippen molar-refractivity contribution in [1.82, 2.24) is 0 Å². The van der Waals surface area contributed by atoms with Gasteiger partial charge in [-0.1, -0.05) is 0 Å². The zero-order valence-corrected chi connectivity index (χ0v) is 4.09. The molecule has 0 aromatic rings. The monoisotopic (exact) mass is 103 g/mol. The van der Waals surface area contributed by atoms with Crippen LogP contribution in [0.3, 0.4) is 0 Å². The summed E-state index contributed by atoms with van der Waals surface area (Å²) >= 11 is 0. The van der Waals surface area contributed by atoms with Crippen molar-refractivity contribution in [2.45, 2.75) is 19.1 Å². The van der Waals surface area contributed by atoms with Crippen molar-refractivity contribution < 1.29 is 9.57 Å². The Bertz CT molecular complexity index is 51.7. The Labute approximate surface area is 42.3 Å². The average Bonchev–Trinajstić information content (AvgIpc) is 2.14. The van der Waals surface area contributed by atoms with E-state index in [1.807, 2.05) is 0 Å². The molecule has 1 unspecified atom stereocenters. The highest BCUT2D eigenvalue weighted by atomic mass is 16.8. The van der Waals surface area contributed by atoms with Crippen LogP contribution in [0.25, 0.3) is 0 Å². The summed E-state index contributed by atoms with van der Waals surface area (Å²) in [6.07, 6.45) is 1.89. The minimum atomic E-state index is -0.125. The van der Waals surface area contributed by atoms with Gasteiger partial charge in [0.05, 0.1) is 6.61 Å². The molecule has 3 nitrogen and oxygen atoms in total. The van der Waals surface area contributed by atoms with E-state index >= 15 is 0 Å². The molecule has 3 heteroatoms. The Hall–Kier alpha value is -0.120. The Kier molecular flexibility index (Phi) is 1.62. The second-order valence-electron chi connectivity index (χ2n) is 1.58. The minimum Gasteiger partial charge on any atom is -0.351 e. The summed E-state index contributed by atoms with van der Waals surface area (Å²) in [6.45, 7) is 0.794. The van der Waals surface area contributed by atoms with Crippen LogP contribution in [-0.2, 0) is 9.57 Å². The lowest BCUT2D eigenvalue weighted by atomic mass is 10.4. The van der Waals surface area contributed by atoms with Gasteiger partial charge in [-0.3, -0.25) is 4.84 Å². The van der Waals surface area contributed by atoms with Gasteiger partial charge in [0.15, 0.2) is 6.29 Å². The summed E-state index contributed by atoms with van der Waals surface area (Å²) in [7, 11) is 0. The summed E-state index contributed by atoms with van der Waals surface area (Å²) in [5.41, 5.74) is 0. The van der Waals surface area contributed by atoms with E-state index in [1.54, 1.807) is 0 Å². The molecule has 1 aliphatic heterocycles. The number of rotatable bonds is 1. The van der Waals surface area contributed by atoms with Crippen molar-refractivity contribution in [1.29, 1.82) is 0 Å². The maximum absolute atomic E-state index is 4.95. The molecule has 2 N–H and O–H groups in total. The SMILES string of the molecule is NOC1CCCO1. The molecule has 42 valence electrons. The van der Waals surface area contributed by atoms with Gasteiger partial charge >= 0.3 is 0 Å². The first-order chi connectivity index (χ1) is 3.43. The van der Waals surface area contributed by atoms with Crippen molar-refractivity contribution in [2.75, 3.05) is 6.61 Å². The van der Waals surface area contributed by atoms with Crippen LogP contribution >= 0.6 is 0 Å². The van der Waals surface area contributed by atoms with Crippen LogP contribution in [0.5, 0.6) is 0 Å². The molecule has 0 radical (unpaired) electrons. The maximum atomic E-state index is 4.95. The third kappa shape index (κ3) is 1.12. The summed E-state index contributed by atoms with van der Waals surface area (Å²) in [5, 5.41) is 0. The van der Waals surface area contributed by atoms with E-state index in [4.69, 9.17) is 10.6 Å². The van der Waals surface area contributed by atoms with Crippen LogP contribution in [0.2, 0.25) is 0 Å². The molecule has 0 aromatic carbocycles. The summed E-state index contributed by atoms with van der Waals surface area (Å²) < 4.78 is 4.95. The van der Waals surface area contributed by atoms with Gasteiger partial charge in [0, 0.05) is 6.42 Å². The lowest BCUT2D eigenvalue weighted by Crippen LogP contribution is -2.14. The fourth-order valence-electron chi connectivity index (χ4n) is 0.655. The van der Waals surface area contributed by atoms with E-state index in [2.05, 4.69) is 4.84 Å². The molecule has 0 aromatic heterocycles. The largest absolute Gasteiger partial charge is 0.351 e. The van der Waals surface area contributed by atoms with Gasteiger partial charge in [0.25, 0.3) is 0 Å². The first kappa shape index (κ1) is 5.03. The highest BCUT2D eigenvalue weighted by Crippen LogP contribution is 2.10. The van der Waals surface area contributed by atoms with Crippen LogP contribution in [0, 0.1) is 0 Å². The standard InChI is InChI=1S/C4H9NO2/c5-7-4-2-1-3-6-4/h4H,1-3,5H2. The first-order valence-corrected chi connectivity index (χ1v) is 2.40. The number of hydrogen-bond donors (Lipinski definition) is 1. The summed E-state index contributed by atoms with van der Waals surface area (Å²) in [4.78, 5) is 4.39. The van der Waals surface area contributed by atoms with E-state index in [0.717, 1.165) is 19.4 Å². The minimum absolute atomic E-state index is 0.125. The molecule has 1 fully saturated rings. The van der Waals surface area contributed by atoms with Crippen LogP contribution in [-0.4, -0.2) is 12.9 Å². The molecule has 1 saturated heterocycles. The van der Waals surface area contributed by atoms with Crippen molar-refractivity contribution >= 4 is 0 Å². The summed E-state index contributed by atoms with van der Waals surface area (Å²) in [6, 6.07) is 0. The molecule has 1 atom stereocenters. The molecule has 0 bridgehead atoms. The normalized spacial score (nSPS) is 31.3. The third-order valence-corrected chi connectivity index (χ3v) is 1.04. The molecule has 0 saturated carbocycles. The average molecular weight is 103 g/mol. The van der Waals surface area contributed by atoms with Gasteiger partial charge in [-0.15, -0.1) is 0 Å². The molecule has 0 amide bonds. The van der Waals surface area contributed by atoms with Gasteiger partial charge < -0.3 is 4.74 Å². The topological polar surface area (TPSA) is 44.5 Å². The molecular formula is C4H9NO2. The molecule has 1 aliphatic rings. The lowest BCUT2D eigenvalue weighted by molar-refractivity contribution is -0.113. The second-order valence-corrected chi connectivity index (χ2v) is 1.58. The molecular weight excluding hydrogens is 94.0 g/mol. The molecule has 1 heterocycles. The Balaban J connectivity index is 2.14. The van der Waals surface area contributed by atoms with Gasteiger partial charge in [-0.05, 0) is 6.42 Å². The van der Waals surface area contributed by atoms with Gasteiger partial charge in [0.2, 0.25) is 0 Å². The van der Waals surface area contributed by atoms with Crippen molar-refractivity contribution in [2.24, 2.45) is 5.90 Å². The quantitative estimate of drug-likeness (QED) is 0.475. The van der Waals surface area contributed by atoms with E-state index < -0.39 is 0 Å². The van der Waals surface area contributed by atoms with Gasteiger partial charge in [-0.25, -0.2) is 5.90 Å². The Morgan fingerprint density at radius 3 is 2.86 bits per heavy atom. The Morgan fingerprint density at radius 2 is 2.57 bits per heavy atom. The van der Waals surface area contributed by atoms with Gasteiger partial charge in [0.1, 0.15) is 0 Å². The van der Waals surface area contributed by atoms with Crippen LogP contribution in [0.1, 0.15) is 12.8 Å². The number of ether oxygens (including phenoxy) is 1. The molecule has 1 rings (SSSR count). The summed E-state index contributed by atoms with van der Waals surface area (Å²) in [5.74, 6) is 4.81. The predicted octanol–water partition coefficient (Wildman–Crippen LogP) is 0.0132. The third-order valence-electron chi connectivity index (χ3n) is 1.04. The van der Waals surface area contributed by atoms with Crippen molar-refractivity contribution in [3.8, 4) is 0 Å². The maximum Gasteiger partial charge on any atom is 0.176 e. The zero-order chi connectivity index (χ0) is 5.11. The van der Waals surface area contributed by atoms with Gasteiger partial charge in [-0.2, -0.15) is 0 Å². The molecule has 0 aliphatic carbocycles. The van der Waals surface area contributed by atoms with E-state index in [1.165, 1.54) is 0 Å². The fourth-order valence-corrected chi connectivity index (χ4v) is 0.655. The van der Waals surface area contributed by atoms with Crippen LogP contribution < -0.4 is 5.90 Å². The van der Waals surface area contributed by atoms with E-state index in [0.29, 0.717) is 0 Å². The first-order valence-electron chi connectivity index (χ1n) is 2.40. The molecule has 7 heavy (non-hydrogen) atoms. The number of hydrogen-bond acceptors (Lipinski definition) is 3. The highest BCUT2D eigenvalue weighted by molar-refractivity contribution is 4.51. The fraction of sp³-hybridized carbons (Fsp3) is 1.00.